The first-order chi connectivity index (χ1) is 8.65. The number of ketones is 1. The molecular weight excluding hydrogens is 234 g/mol. The van der Waals surface area contributed by atoms with E-state index in [-0.39, 0.29) is 11.5 Å². The minimum absolute atomic E-state index is 0.251. The monoisotopic (exact) mass is 247 g/mol. The van der Waals surface area contributed by atoms with Gasteiger partial charge in [0.2, 0.25) is 5.78 Å². The van der Waals surface area contributed by atoms with E-state index in [1.54, 1.807) is 38.6 Å². The van der Waals surface area contributed by atoms with Crippen molar-refractivity contribution >= 4 is 5.78 Å². The molecule has 0 spiro atoms. The van der Waals surface area contributed by atoms with Gasteiger partial charge in [-0.1, -0.05) is 5.21 Å². The number of carbonyl (C=O) groups excluding carboxylic acids is 1. The van der Waals surface area contributed by atoms with Crippen LogP contribution in [0, 0.1) is 0 Å². The number of aromatic nitrogens is 3. The Hall–Kier alpha value is -2.37. The summed E-state index contributed by atoms with van der Waals surface area (Å²) in [6, 6.07) is 5.03. The standard InChI is InChI=1S/C12H13N3O3/c1-15-7-10(13-14-15)12(16)9-6-8(17-2)4-5-11(9)18-3/h4-7H,1-3H3. The number of nitrogens with zero attached hydrogens (tertiary/aromatic N) is 3. The van der Waals surface area contributed by atoms with Crippen LogP contribution in [0.3, 0.4) is 0 Å². The van der Waals surface area contributed by atoms with E-state index in [1.807, 2.05) is 0 Å². The Balaban J connectivity index is 2.45. The molecule has 0 unspecified atom stereocenters. The van der Waals surface area contributed by atoms with E-state index in [1.165, 1.54) is 11.8 Å². The van der Waals surface area contributed by atoms with Gasteiger partial charge >= 0.3 is 0 Å². The van der Waals surface area contributed by atoms with Crippen molar-refractivity contribution in [3.05, 3.63) is 35.7 Å². The predicted molar refractivity (Wildman–Crippen MR) is 64.0 cm³/mol. The van der Waals surface area contributed by atoms with Gasteiger partial charge in [0.1, 0.15) is 11.5 Å². The van der Waals surface area contributed by atoms with Gasteiger partial charge in [0.15, 0.2) is 5.69 Å². The molecule has 0 radical (unpaired) electrons. The number of ether oxygens (including phenoxy) is 2. The van der Waals surface area contributed by atoms with Crippen molar-refractivity contribution in [1.29, 1.82) is 0 Å². The first-order valence-corrected chi connectivity index (χ1v) is 5.28. The number of aryl methyl sites for hydroxylation is 1. The Morgan fingerprint density at radius 1 is 1.28 bits per heavy atom. The molecule has 1 heterocycles. The van der Waals surface area contributed by atoms with Gasteiger partial charge in [0.05, 0.1) is 26.0 Å². The molecular formula is C12H13N3O3. The topological polar surface area (TPSA) is 66.2 Å². The summed E-state index contributed by atoms with van der Waals surface area (Å²) in [5.74, 6) is 0.813. The molecule has 2 rings (SSSR count). The van der Waals surface area contributed by atoms with Crippen LogP contribution in [0.1, 0.15) is 16.1 Å². The summed E-state index contributed by atoms with van der Waals surface area (Å²) in [4.78, 5) is 12.3. The minimum Gasteiger partial charge on any atom is -0.497 e. The summed E-state index contributed by atoms with van der Waals surface area (Å²) in [6.45, 7) is 0. The molecule has 0 saturated carbocycles. The second-order valence-electron chi connectivity index (χ2n) is 3.67. The second-order valence-corrected chi connectivity index (χ2v) is 3.67. The zero-order valence-electron chi connectivity index (χ0n) is 10.4. The van der Waals surface area contributed by atoms with Crippen LogP contribution in [0.2, 0.25) is 0 Å². The van der Waals surface area contributed by atoms with E-state index >= 15 is 0 Å². The highest BCUT2D eigenvalue weighted by molar-refractivity contribution is 6.09. The van der Waals surface area contributed by atoms with E-state index in [2.05, 4.69) is 10.3 Å². The molecule has 0 N–H and O–H groups in total. The lowest BCUT2D eigenvalue weighted by molar-refractivity contribution is 0.103. The largest absolute Gasteiger partial charge is 0.497 e. The predicted octanol–water partition coefficient (Wildman–Crippen LogP) is 1.06. The second kappa shape index (κ2) is 4.87. The third-order valence-electron chi connectivity index (χ3n) is 2.49. The Bertz CT molecular complexity index is 578. The average molecular weight is 247 g/mol. The van der Waals surface area contributed by atoms with Gasteiger partial charge in [-0.25, -0.2) is 0 Å². The average Bonchev–Trinajstić information content (AvgIpc) is 2.83. The highest BCUT2D eigenvalue weighted by atomic mass is 16.5. The molecule has 2 aromatic rings. The highest BCUT2D eigenvalue weighted by Gasteiger charge is 2.18. The van der Waals surface area contributed by atoms with Crippen LogP contribution in [0.4, 0.5) is 0 Å². The van der Waals surface area contributed by atoms with Crippen LogP contribution < -0.4 is 9.47 Å². The molecule has 0 bridgehead atoms. The number of methoxy groups -OCH3 is 2. The van der Waals surface area contributed by atoms with Crippen molar-refractivity contribution in [2.24, 2.45) is 7.05 Å². The summed E-state index contributed by atoms with van der Waals surface area (Å²) in [7, 11) is 4.75. The molecule has 0 fully saturated rings. The third-order valence-corrected chi connectivity index (χ3v) is 2.49. The fourth-order valence-electron chi connectivity index (χ4n) is 1.58. The van der Waals surface area contributed by atoms with Crippen LogP contribution in [-0.2, 0) is 7.05 Å². The lowest BCUT2D eigenvalue weighted by Crippen LogP contribution is -2.05. The van der Waals surface area contributed by atoms with Gasteiger partial charge in [-0.3, -0.25) is 9.48 Å². The molecule has 6 nitrogen and oxygen atoms in total. The van der Waals surface area contributed by atoms with Gasteiger partial charge < -0.3 is 9.47 Å². The molecule has 0 amide bonds. The molecule has 0 aliphatic carbocycles. The smallest absolute Gasteiger partial charge is 0.218 e. The first kappa shape index (κ1) is 12.1. The van der Waals surface area contributed by atoms with Gasteiger partial charge in [-0.2, -0.15) is 0 Å². The van der Waals surface area contributed by atoms with Crippen LogP contribution in [0.25, 0.3) is 0 Å². The SMILES string of the molecule is COc1ccc(OC)c(C(=O)c2cn(C)nn2)c1. The maximum atomic E-state index is 12.3. The zero-order valence-corrected chi connectivity index (χ0v) is 10.4. The fourth-order valence-corrected chi connectivity index (χ4v) is 1.58. The number of rotatable bonds is 4. The van der Waals surface area contributed by atoms with Crippen LogP contribution in [0.15, 0.2) is 24.4 Å². The van der Waals surface area contributed by atoms with Crippen molar-refractivity contribution in [1.82, 2.24) is 15.0 Å². The molecule has 0 saturated heterocycles. The summed E-state index contributed by atoms with van der Waals surface area (Å²) < 4.78 is 11.7. The number of hydrogen-bond acceptors (Lipinski definition) is 5. The van der Waals surface area contributed by atoms with E-state index in [0.717, 1.165) is 0 Å². The summed E-state index contributed by atoms with van der Waals surface area (Å²) in [5.41, 5.74) is 0.668. The molecule has 94 valence electrons. The normalized spacial score (nSPS) is 10.2. The minimum atomic E-state index is -0.251. The maximum Gasteiger partial charge on any atom is 0.218 e. The number of benzene rings is 1. The van der Waals surface area contributed by atoms with Crippen molar-refractivity contribution in [3.63, 3.8) is 0 Å². The van der Waals surface area contributed by atoms with Crippen molar-refractivity contribution < 1.29 is 14.3 Å². The van der Waals surface area contributed by atoms with E-state index in [4.69, 9.17) is 9.47 Å². The van der Waals surface area contributed by atoms with Gasteiger partial charge in [-0.05, 0) is 18.2 Å². The highest BCUT2D eigenvalue weighted by Crippen LogP contribution is 2.25. The summed E-state index contributed by atoms with van der Waals surface area (Å²) >= 11 is 0. The third kappa shape index (κ3) is 2.17. The summed E-state index contributed by atoms with van der Waals surface area (Å²) in [6.07, 6.45) is 1.56. The Morgan fingerprint density at radius 2 is 2.06 bits per heavy atom. The summed E-state index contributed by atoms with van der Waals surface area (Å²) in [5, 5.41) is 7.53. The van der Waals surface area contributed by atoms with E-state index < -0.39 is 0 Å². The van der Waals surface area contributed by atoms with Crippen molar-refractivity contribution in [2.45, 2.75) is 0 Å². The zero-order chi connectivity index (χ0) is 13.1. The molecule has 1 aromatic carbocycles. The van der Waals surface area contributed by atoms with E-state index in [0.29, 0.717) is 17.1 Å². The Labute approximate surface area is 104 Å². The van der Waals surface area contributed by atoms with Crippen LogP contribution >= 0.6 is 0 Å². The van der Waals surface area contributed by atoms with Crippen molar-refractivity contribution in [3.8, 4) is 11.5 Å². The van der Waals surface area contributed by atoms with E-state index in [9.17, 15) is 4.79 Å². The molecule has 1 aromatic heterocycles. The fraction of sp³-hybridized carbons (Fsp3) is 0.250. The number of carbonyl (C=O) groups is 1. The lowest BCUT2D eigenvalue weighted by Gasteiger charge is -2.08. The van der Waals surface area contributed by atoms with Gasteiger partial charge in [0, 0.05) is 7.05 Å². The molecule has 6 heteroatoms. The molecule has 18 heavy (non-hydrogen) atoms. The van der Waals surface area contributed by atoms with Gasteiger partial charge in [0.25, 0.3) is 0 Å². The molecule has 0 atom stereocenters. The molecule has 0 aliphatic heterocycles. The maximum absolute atomic E-state index is 12.3. The quantitative estimate of drug-likeness (QED) is 0.756. The Kier molecular flexibility index (Phi) is 3.27. The van der Waals surface area contributed by atoms with Gasteiger partial charge in [-0.15, -0.1) is 5.10 Å². The Morgan fingerprint density at radius 3 is 2.61 bits per heavy atom. The number of hydrogen-bond donors (Lipinski definition) is 0. The van der Waals surface area contributed by atoms with Crippen molar-refractivity contribution in [2.75, 3.05) is 14.2 Å². The lowest BCUT2D eigenvalue weighted by atomic mass is 10.1. The molecule has 0 aliphatic rings. The van der Waals surface area contributed by atoms with Crippen LogP contribution in [-0.4, -0.2) is 35.0 Å². The van der Waals surface area contributed by atoms with Crippen LogP contribution in [0.5, 0.6) is 11.5 Å². The first-order valence-electron chi connectivity index (χ1n) is 5.28.